The van der Waals surface area contributed by atoms with E-state index in [9.17, 15) is 4.39 Å². The number of halogens is 1. The number of hydrogen-bond donors (Lipinski definition) is 1. The largest absolute Gasteiger partial charge is 0.493 e. The summed E-state index contributed by atoms with van der Waals surface area (Å²) in [5.41, 5.74) is 1.46. The molecule has 0 spiro atoms. The third kappa shape index (κ3) is 2.42. The van der Waals surface area contributed by atoms with Crippen LogP contribution < -0.4 is 10.1 Å². The molecule has 4 nitrogen and oxygen atoms in total. The van der Waals surface area contributed by atoms with Crippen molar-refractivity contribution in [1.29, 1.82) is 0 Å². The third-order valence-electron chi connectivity index (χ3n) is 2.97. The average Bonchev–Trinajstić information content (AvgIpc) is 2.89. The van der Waals surface area contributed by atoms with Gasteiger partial charge in [0, 0.05) is 5.39 Å². The fraction of sp³-hybridized carbons (Fsp3) is 0.133. The Morgan fingerprint density at radius 3 is 2.95 bits per heavy atom. The maximum atomic E-state index is 12.7. The fourth-order valence-corrected chi connectivity index (χ4v) is 2.01. The van der Waals surface area contributed by atoms with Gasteiger partial charge in [-0.05, 0) is 24.3 Å². The molecular weight excluding hydrogens is 259 g/mol. The minimum Gasteiger partial charge on any atom is -0.493 e. The Balaban J connectivity index is 1.79. The minimum absolute atomic E-state index is 0.491. The minimum atomic E-state index is -0.496. The Labute approximate surface area is 115 Å². The zero-order valence-electron chi connectivity index (χ0n) is 10.9. The van der Waals surface area contributed by atoms with E-state index < -0.39 is 5.95 Å². The number of pyridine rings is 1. The van der Waals surface area contributed by atoms with Crippen molar-refractivity contribution in [3.63, 3.8) is 0 Å². The van der Waals surface area contributed by atoms with Crippen LogP contribution in [0.3, 0.4) is 0 Å². The smallest absolute Gasteiger partial charge is 0.212 e. The van der Waals surface area contributed by atoms with Gasteiger partial charge in [0.1, 0.15) is 5.76 Å². The molecule has 0 bridgehead atoms. The Kier molecular flexibility index (Phi) is 3.25. The molecule has 0 aliphatic rings. The maximum Gasteiger partial charge on any atom is 0.212 e. The SMILES string of the molecule is COc1cccc2cc(CNc3ccc(F)nc3)oc12. The highest BCUT2D eigenvalue weighted by atomic mass is 19.1. The summed E-state index contributed by atoms with van der Waals surface area (Å²) in [4.78, 5) is 3.58. The van der Waals surface area contributed by atoms with Crippen LogP contribution in [0.25, 0.3) is 11.0 Å². The third-order valence-corrected chi connectivity index (χ3v) is 2.97. The quantitative estimate of drug-likeness (QED) is 0.737. The van der Waals surface area contributed by atoms with Gasteiger partial charge in [-0.3, -0.25) is 0 Å². The highest BCUT2D eigenvalue weighted by molar-refractivity contribution is 5.83. The first-order valence-corrected chi connectivity index (χ1v) is 6.17. The molecule has 0 aliphatic carbocycles. The molecule has 3 rings (SSSR count). The van der Waals surface area contributed by atoms with Crippen LogP contribution in [0.5, 0.6) is 5.75 Å². The number of furan rings is 1. The Morgan fingerprint density at radius 2 is 2.20 bits per heavy atom. The summed E-state index contributed by atoms with van der Waals surface area (Å²) in [6, 6.07) is 10.6. The highest BCUT2D eigenvalue weighted by Crippen LogP contribution is 2.28. The van der Waals surface area contributed by atoms with E-state index in [0.717, 1.165) is 22.4 Å². The number of hydrogen-bond acceptors (Lipinski definition) is 4. The van der Waals surface area contributed by atoms with Crippen molar-refractivity contribution in [1.82, 2.24) is 4.98 Å². The van der Waals surface area contributed by atoms with Crippen molar-refractivity contribution in [3.8, 4) is 5.75 Å². The first-order chi connectivity index (χ1) is 9.76. The number of para-hydroxylation sites is 1. The number of benzene rings is 1. The number of anilines is 1. The van der Waals surface area contributed by atoms with Gasteiger partial charge in [0.25, 0.3) is 0 Å². The molecule has 5 heteroatoms. The Bertz CT molecular complexity index is 722. The van der Waals surface area contributed by atoms with Gasteiger partial charge in [0.2, 0.25) is 5.95 Å². The number of fused-ring (bicyclic) bond motifs is 1. The van der Waals surface area contributed by atoms with Gasteiger partial charge < -0.3 is 14.5 Å². The molecule has 2 heterocycles. The van der Waals surface area contributed by atoms with Crippen molar-refractivity contribution >= 4 is 16.7 Å². The van der Waals surface area contributed by atoms with E-state index >= 15 is 0 Å². The lowest BCUT2D eigenvalue weighted by Gasteiger charge is -2.03. The number of nitrogens with one attached hydrogen (secondary N) is 1. The highest BCUT2D eigenvalue weighted by Gasteiger charge is 2.08. The summed E-state index contributed by atoms with van der Waals surface area (Å²) in [6.07, 6.45) is 1.44. The number of aromatic nitrogens is 1. The predicted octanol–water partition coefficient (Wildman–Crippen LogP) is 3.59. The molecule has 0 saturated carbocycles. The van der Waals surface area contributed by atoms with E-state index in [2.05, 4.69) is 10.3 Å². The van der Waals surface area contributed by atoms with E-state index in [0.29, 0.717) is 12.3 Å². The summed E-state index contributed by atoms with van der Waals surface area (Å²) in [6.45, 7) is 0.491. The molecule has 0 unspecified atom stereocenters. The van der Waals surface area contributed by atoms with Crippen molar-refractivity contribution < 1.29 is 13.5 Å². The summed E-state index contributed by atoms with van der Waals surface area (Å²) < 4.78 is 23.7. The molecule has 1 N–H and O–H groups in total. The lowest BCUT2D eigenvalue weighted by Crippen LogP contribution is -1.98. The van der Waals surface area contributed by atoms with E-state index in [1.54, 1.807) is 13.2 Å². The Hall–Kier alpha value is -2.56. The van der Waals surface area contributed by atoms with Gasteiger partial charge in [-0.15, -0.1) is 0 Å². The number of rotatable bonds is 4. The second-order valence-electron chi connectivity index (χ2n) is 4.31. The summed E-state index contributed by atoms with van der Waals surface area (Å²) >= 11 is 0. The van der Waals surface area contributed by atoms with Gasteiger partial charge in [0.05, 0.1) is 25.5 Å². The first kappa shape index (κ1) is 12.5. The molecule has 102 valence electrons. The molecule has 0 aliphatic heterocycles. The molecule has 3 aromatic rings. The van der Waals surface area contributed by atoms with E-state index in [4.69, 9.17) is 9.15 Å². The van der Waals surface area contributed by atoms with Gasteiger partial charge in [-0.1, -0.05) is 12.1 Å². The normalized spacial score (nSPS) is 10.7. The van der Waals surface area contributed by atoms with Crippen LogP contribution in [-0.2, 0) is 6.54 Å². The van der Waals surface area contributed by atoms with E-state index in [-0.39, 0.29) is 0 Å². The molecule has 0 amide bonds. The zero-order valence-corrected chi connectivity index (χ0v) is 10.9. The van der Waals surface area contributed by atoms with E-state index in [1.165, 1.54) is 12.3 Å². The monoisotopic (exact) mass is 272 g/mol. The molecular formula is C15H13FN2O2. The zero-order chi connectivity index (χ0) is 13.9. The second-order valence-corrected chi connectivity index (χ2v) is 4.31. The van der Waals surface area contributed by atoms with Crippen LogP contribution in [0.1, 0.15) is 5.76 Å². The molecule has 20 heavy (non-hydrogen) atoms. The van der Waals surface area contributed by atoms with Crippen LogP contribution in [0.4, 0.5) is 10.1 Å². The average molecular weight is 272 g/mol. The maximum absolute atomic E-state index is 12.7. The fourth-order valence-electron chi connectivity index (χ4n) is 2.01. The number of nitrogens with zero attached hydrogens (tertiary/aromatic N) is 1. The topological polar surface area (TPSA) is 47.3 Å². The van der Waals surface area contributed by atoms with Gasteiger partial charge in [-0.2, -0.15) is 4.39 Å². The standard InChI is InChI=1S/C15H13FN2O2/c1-19-13-4-2-3-10-7-12(20-15(10)13)9-17-11-5-6-14(16)18-8-11/h2-8,17H,9H2,1H3. The second kappa shape index (κ2) is 5.21. The van der Waals surface area contributed by atoms with Crippen molar-refractivity contribution in [2.45, 2.75) is 6.54 Å². The number of methoxy groups -OCH3 is 1. The predicted molar refractivity (Wildman–Crippen MR) is 74.3 cm³/mol. The van der Waals surface area contributed by atoms with Crippen LogP contribution in [-0.4, -0.2) is 12.1 Å². The number of ether oxygens (including phenoxy) is 1. The summed E-state index contributed by atoms with van der Waals surface area (Å²) in [7, 11) is 1.61. The van der Waals surface area contributed by atoms with Crippen LogP contribution in [0.2, 0.25) is 0 Å². The van der Waals surface area contributed by atoms with Crippen LogP contribution in [0, 0.1) is 5.95 Å². The first-order valence-electron chi connectivity index (χ1n) is 6.17. The molecule has 2 aromatic heterocycles. The molecule has 0 fully saturated rings. The lowest BCUT2D eigenvalue weighted by molar-refractivity contribution is 0.408. The van der Waals surface area contributed by atoms with Crippen molar-refractivity contribution in [2.24, 2.45) is 0 Å². The lowest BCUT2D eigenvalue weighted by atomic mass is 10.2. The molecule has 0 atom stereocenters. The van der Waals surface area contributed by atoms with Crippen molar-refractivity contribution in [2.75, 3.05) is 12.4 Å². The molecule has 0 saturated heterocycles. The van der Waals surface area contributed by atoms with E-state index in [1.807, 2.05) is 24.3 Å². The molecule has 1 aromatic carbocycles. The van der Waals surface area contributed by atoms with Crippen LogP contribution in [0.15, 0.2) is 47.0 Å². The van der Waals surface area contributed by atoms with Crippen molar-refractivity contribution in [3.05, 3.63) is 54.3 Å². The summed E-state index contributed by atoms with van der Waals surface area (Å²) in [5.74, 6) is 0.982. The van der Waals surface area contributed by atoms with Gasteiger partial charge in [-0.25, -0.2) is 4.98 Å². The van der Waals surface area contributed by atoms with Gasteiger partial charge in [0.15, 0.2) is 11.3 Å². The Morgan fingerprint density at radius 1 is 1.30 bits per heavy atom. The van der Waals surface area contributed by atoms with Crippen LogP contribution >= 0.6 is 0 Å². The van der Waals surface area contributed by atoms with Gasteiger partial charge >= 0.3 is 0 Å². The summed E-state index contributed by atoms with van der Waals surface area (Å²) in [5, 5.41) is 4.11. The molecule has 0 radical (unpaired) electrons.